The number of hydrogen-bond donors (Lipinski definition) is 1. The van der Waals surface area contributed by atoms with E-state index in [4.69, 9.17) is 14.0 Å². The molecule has 1 aliphatic heterocycles. The van der Waals surface area contributed by atoms with Crippen LogP contribution < -0.4 is 16.5 Å². The molecule has 27 heavy (non-hydrogen) atoms. The van der Waals surface area contributed by atoms with Crippen LogP contribution in [0.2, 0.25) is 0 Å². The van der Waals surface area contributed by atoms with Crippen molar-refractivity contribution >= 4 is 18.8 Å². The summed E-state index contributed by atoms with van der Waals surface area (Å²) in [5, 5.41) is 2.71. The Bertz CT molecular complexity index is 720. The molecule has 8 heteroatoms. The van der Waals surface area contributed by atoms with Crippen molar-refractivity contribution in [2.24, 2.45) is 0 Å². The van der Waals surface area contributed by atoms with Crippen LogP contribution in [0.3, 0.4) is 0 Å². The third-order valence-electron chi connectivity index (χ3n) is 4.80. The van der Waals surface area contributed by atoms with E-state index < -0.39 is 30.0 Å². The van der Waals surface area contributed by atoms with Gasteiger partial charge in [0.2, 0.25) is 5.56 Å². The Morgan fingerprint density at radius 1 is 1.19 bits per heavy atom. The molecule has 2 rings (SSSR count). The second-order valence-electron chi connectivity index (χ2n) is 8.81. The molecule has 1 fully saturated rings. The van der Waals surface area contributed by atoms with Crippen molar-refractivity contribution in [3.63, 3.8) is 0 Å². The van der Waals surface area contributed by atoms with E-state index in [-0.39, 0.29) is 5.56 Å². The van der Waals surface area contributed by atoms with Crippen molar-refractivity contribution in [2.45, 2.75) is 78.2 Å². The number of pyridine rings is 1. The van der Waals surface area contributed by atoms with Crippen LogP contribution in [0.1, 0.15) is 54.9 Å². The molecule has 0 unspecified atom stereocenters. The molecular formula is C19H31BN2O5. The fourth-order valence-corrected chi connectivity index (χ4v) is 2.69. The van der Waals surface area contributed by atoms with Crippen molar-refractivity contribution in [1.29, 1.82) is 0 Å². The Hall–Kier alpha value is -1.80. The molecule has 0 aliphatic carbocycles. The summed E-state index contributed by atoms with van der Waals surface area (Å²) in [4.78, 5) is 24.1. The Morgan fingerprint density at radius 3 is 2.33 bits per heavy atom. The van der Waals surface area contributed by atoms with E-state index in [0.29, 0.717) is 25.1 Å². The highest BCUT2D eigenvalue weighted by Gasteiger charge is 2.52. The van der Waals surface area contributed by atoms with Gasteiger partial charge in [0.05, 0.1) is 16.8 Å². The van der Waals surface area contributed by atoms with Gasteiger partial charge >= 0.3 is 13.2 Å². The number of hydrogen-bond acceptors (Lipinski definition) is 5. The van der Waals surface area contributed by atoms with Crippen LogP contribution in [-0.4, -0.2) is 41.1 Å². The van der Waals surface area contributed by atoms with Crippen molar-refractivity contribution in [3.05, 3.63) is 28.6 Å². The molecule has 7 nitrogen and oxygen atoms in total. The lowest BCUT2D eigenvalue weighted by Crippen LogP contribution is -2.46. The predicted molar refractivity (Wildman–Crippen MR) is 105 cm³/mol. The molecule has 1 aliphatic rings. The van der Waals surface area contributed by atoms with E-state index in [0.717, 1.165) is 0 Å². The quantitative estimate of drug-likeness (QED) is 0.627. The predicted octanol–water partition coefficient (Wildman–Crippen LogP) is 2.06. The number of nitrogens with zero attached hydrogens (tertiary/aromatic N) is 1. The minimum absolute atomic E-state index is 0.125. The van der Waals surface area contributed by atoms with Crippen LogP contribution in [0.5, 0.6) is 0 Å². The number of aromatic nitrogens is 1. The van der Waals surface area contributed by atoms with Crippen molar-refractivity contribution < 1.29 is 18.8 Å². The molecule has 0 atom stereocenters. The third-order valence-corrected chi connectivity index (χ3v) is 4.80. The van der Waals surface area contributed by atoms with Gasteiger partial charge < -0.3 is 23.9 Å². The molecule has 1 saturated heterocycles. The van der Waals surface area contributed by atoms with Gasteiger partial charge in [0.15, 0.2) is 0 Å². The lowest BCUT2D eigenvalue weighted by molar-refractivity contribution is 0.00578. The fourth-order valence-electron chi connectivity index (χ4n) is 2.69. The molecule has 0 radical (unpaired) electrons. The number of amides is 1. The zero-order valence-electron chi connectivity index (χ0n) is 17.4. The van der Waals surface area contributed by atoms with Gasteiger partial charge in [0, 0.05) is 19.2 Å². The monoisotopic (exact) mass is 378 g/mol. The van der Waals surface area contributed by atoms with E-state index >= 15 is 0 Å². The molecule has 0 aromatic carbocycles. The van der Waals surface area contributed by atoms with Crippen LogP contribution in [0.15, 0.2) is 23.0 Å². The first-order valence-corrected chi connectivity index (χ1v) is 9.35. The second kappa shape index (κ2) is 7.68. The van der Waals surface area contributed by atoms with E-state index in [1.54, 1.807) is 10.6 Å². The fraction of sp³-hybridized carbons (Fsp3) is 0.684. The van der Waals surface area contributed by atoms with Gasteiger partial charge in [0.25, 0.3) is 0 Å². The normalized spacial score (nSPS) is 18.4. The Kier molecular flexibility index (Phi) is 6.11. The summed E-state index contributed by atoms with van der Waals surface area (Å²) in [5.41, 5.74) is -0.943. The first-order valence-electron chi connectivity index (χ1n) is 9.35. The average Bonchev–Trinajstić information content (AvgIpc) is 2.71. The molecule has 2 heterocycles. The molecule has 1 aromatic heterocycles. The van der Waals surface area contributed by atoms with E-state index in [9.17, 15) is 9.59 Å². The summed E-state index contributed by atoms with van der Waals surface area (Å²) in [6, 6.07) is 5.05. The summed E-state index contributed by atoms with van der Waals surface area (Å²) in [7, 11) is -0.609. The maximum Gasteiger partial charge on any atom is 0.512 e. The number of carbonyl (C=O) groups is 1. The lowest BCUT2D eigenvalue weighted by atomic mass is 9.83. The van der Waals surface area contributed by atoms with Crippen LogP contribution >= 0.6 is 0 Å². The van der Waals surface area contributed by atoms with E-state index in [2.05, 4.69) is 5.32 Å². The van der Waals surface area contributed by atoms with E-state index in [1.807, 2.05) is 54.5 Å². The highest BCUT2D eigenvalue weighted by atomic mass is 16.7. The van der Waals surface area contributed by atoms with Crippen LogP contribution in [0.4, 0.5) is 4.79 Å². The Balaban J connectivity index is 2.03. The molecule has 1 N–H and O–H groups in total. The Morgan fingerprint density at radius 2 is 1.78 bits per heavy atom. The summed E-state index contributed by atoms with van der Waals surface area (Å²) >= 11 is 0. The third kappa shape index (κ3) is 5.36. The maximum absolute atomic E-state index is 12.4. The Labute approximate surface area is 161 Å². The maximum atomic E-state index is 12.4. The number of carbonyl (C=O) groups excluding carboxylic acids is 1. The van der Waals surface area contributed by atoms with Gasteiger partial charge in [-0.05, 0) is 61.0 Å². The molecule has 0 saturated carbocycles. The van der Waals surface area contributed by atoms with Crippen molar-refractivity contribution in [1.82, 2.24) is 9.88 Å². The minimum atomic E-state index is -0.609. The SMILES string of the molecule is CC(C)(C)OC(=O)NCCCn1c(B2OC(C)(C)C(C)(C)O2)cccc1=O. The summed E-state index contributed by atoms with van der Waals surface area (Å²) in [6.45, 7) is 14.2. The molecular weight excluding hydrogens is 347 g/mol. The summed E-state index contributed by atoms with van der Waals surface area (Å²) in [5.74, 6) is 0. The van der Waals surface area contributed by atoms with Gasteiger partial charge in [-0.25, -0.2) is 4.79 Å². The first-order chi connectivity index (χ1) is 12.3. The molecule has 1 amide bonds. The average molecular weight is 378 g/mol. The van der Waals surface area contributed by atoms with Crippen LogP contribution in [0.25, 0.3) is 0 Å². The number of alkyl carbamates (subject to hydrolysis) is 1. The minimum Gasteiger partial charge on any atom is -0.444 e. The zero-order chi connectivity index (χ0) is 20.5. The van der Waals surface area contributed by atoms with Gasteiger partial charge in [-0.15, -0.1) is 0 Å². The topological polar surface area (TPSA) is 78.8 Å². The van der Waals surface area contributed by atoms with Crippen molar-refractivity contribution in [3.8, 4) is 0 Å². The second-order valence-corrected chi connectivity index (χ2v) is 8.81. The lowest BCUT2D eigenvalue weighted by Gasteiger charge is -2.32. The van der Waals surface area contributed by atoms with Gasteiger partial charge in [-0.2, -0.15) is 0 Å². The number of ether oxygens (including phenoxy) is 1. The molecule has 150 valence electrons. The smallest absolute Gasteiger partial charge is 0.444 e. The van der Waals surface area contributed by atoms with Crippen LogP contribution in [-0.2, 0) is 20.6 Å². The largest absolute Gasteiger partial charge is 0.512 e. The highest BCUT2D eigenvalue weighted by Crippen LogP contribution is 2.36. The summed E-state index contributed by atoms with van der Waals surface area (Å²) < 4.78 is 19.0. The van der Waals surface area contributed by atoms with Gasteiger partial charge in [-0.1, -0.05) is 6.07 Å². The van der Waals surface area contributed by atoms with E-state index in [1.165, 1.54) is 6.07 Å². The summed E-state index contributed by atoms with van der Waals surface area (Å²) in [6.07, 6.45) is 0.115. The molecule has 0 spiro atoms. The number of nitrogens with one attached hydrogen (secondary N) is 1. The number of rotatable bonds is 5. The molecule has 0 bridgehead atoms. The highest BCUT2D eigenvalue weighted by molar-refractivity contribution is 6.61. The van der Waals surface area contributed by atoms with Gasteiger partial charge in [-0.3, -0.25) is 4.79 Å². The van der Waals surface area contributed by atoms with Crippen LogP contribution in [0, 0.1) is 0 Å². The standard InChI is InChI=1S/C19H31BN2O5/c1-17(2,3)25-16(24)21-12-9-13-22-14(10-8-11-15(22)23)20-26-18(4,5)19(6,7)27-20/h8,10-11H,9,12-13H2,1-7H3,(H,21,24). The van der Waals surface area contributed by atoms with Crippen molar-refractivity contribution in [2.75, 3.05) is 6.54 Å². The first kappa shape index (κ1) is 21.5. The van der Waals surface area contributed by atoms with Gasteiger partial charge in [0.1, 0.15) is 5.60 Å². The zero-order valence-corrected chi connectivity index (χ0v) is 17.4. The molecule has 1 aromatic rings.